The van der Waals surface area contributed by atoms with E-state index in [1.54, 1.807) is 7.11 Å². The third kappa shape index (κ3) is 6.66. The SMILES string of the molecule is CN=C(NCCc1ccc2c(c1)OCO2)N1CCC(OCCCOC)CC1.I. The molecule has 8 heteroatoms. The highest BCUT2D eigenvalue weighted by atomic mass is 127. The first kappa shape index (κ1) is 23.0. The number of piperidine rings is 1. The molecule has 1 N–H and O–H groups in total. The number of aliphatic imine (C=N–C) groups is 1. The summed E-state index contributed by atoms with van der Waals surface area (Å²) in [5.74, 6) is 2.63. The van der Waals surface area contributed by atoms with Gasteiger partial charge in [-0.3, -0.25) is 4.99 Å². The second-order valence-corrected chi connectivity index (χ2v) is 6.82. The van der Waals surface area contributed by atoms with Gasteiger partial charge in [0.2, 0.25) is 6.79 Å². The van der Waals surface area contributed by atoms with Crippen molar-refractivity contribution < 1.29 is 18.9 Å². The summed E-state index contributed by atoms with van der Waals surface area (Å²) in [5.41, 5.74) is 1.23. The van der Waals surface area contributed by atoms with Crippen LogP contribution in [0.4, 0.5) is 0 Å². The molecular formula is C20H32IN3O4. The van der Waals surface area contributed by atoms with Gasteiger partial charge < -0.3 is 29.2 Å². The van der Waals surface area contributed by atoms with Gasteiger partial charge >= 0.3 is 0 Å². The van der Waals surface area contributed by atoms with Gasteiger partial charge in [0.25, 0.3) is 0 Å². The molecule has 28 heavy (non-hydrogen) atoms. The molecule has 1 saturated heterocycles. The average molecular weight is 505 g/mol. The number of nitrogens with zero attached hydrogens (tertiary/aromatic N) is 2. The van der Waals surface area contributed by atoms with Crippen molar-refractivity contribution in [2.24, 2.45) is 4.99 Å². The monoisotopic (exact) mass is 505 g/mol. The van der Waals surface area contributed by atoms with Crippen LogP contribution in [0.1, 0.15) is 24.8 Å². The van der Waals surface area contributed by atoms with E-state index in [0.717, 1.165) is 76.0 Å². The lowest BCUT2D eigenvalue weighted by molar-refractivity contribution is 0.00992. The van der Waals surface area contributed by atoms with Crippen molar-refractivity contribution in [3.8, 4) is 11.5 Å². The van der Waals surface area contributed by atoms with Crippen LogP contribution in [0.5, 0.6) is 11.5 Å². The van der Waals surface area contributed by atoms with Crippen LogP contribution in [0.15, 0.2) is 23.2 Å². The van der Waals surface area contributed by atoms with E-state index in [2.05, 4.69) is 27.3 Å². The van der Waals surface area contributed by atoms with E-state index in [-0.39, 0.29) is 24.0 Å². The molecule has 0 aromatic heterocycles. The van der Waals surface area contributed by atoms with Crippen LogP contribution in [-0.2, 0) is 15.9 Å². The highest BCUT2D eigenvalue weighted by molar-refractivity contribution is 14.0. The third-order valence-corrected chi connectivity index (χ3v) is 4.93. The maximum absolute atomic E-state index is 5.93. The molecule has 0 radical (unpaired) electrons. The fourth-order valence-corrected chi connectivity index (χ4v) is 3.43. The number of hydrogen-bond acceptors (Lipinski definition) is 5. The lowest BCUT2D eigenvalue weighted by atomic mass is 10.1. The van der Waals surface area contributed by atoms with Gasteiger partial charge in [-0.15, -0.1) is 24.0 Å². The van der Waals surface area contributed by atoms with Crippen LogP contribution < -0.4 is 14.8 Å². The first-order valence-electron chi connectivity index (χ1n) is 9.75. The van der Waals surface area contributed by atoms with Crippen molar-refractivity contribution in [1.29, 1.82) is 0 Å². The van der Waals surface area contributed by atoms with Gasteiger partial charge in [-0.25, -0.2) is 0 Å². The van der Waals surface area contributed by atoms with Crippen molar-refractivity contribution in [1.82, 2.24) is 10.2 Å². The van der Waals surface area contributed by atoms with Crippen LogP contribution in [0, 0.1) is 0 Å². The number of halogens is 1. The fraction of sp³-hybridized carbons (Fsp3) is 0.650. The summed E-state index contributed by atoms with van der Waals surface area (Å²) in [7, 11) is 3.57. The number of rotatable bonds is 8. The van der Waals surface area contributed by atoms with Gasteiger partial charge in [-0.2, -0.15) is 0 Å². The van der Waals surface area contributed by atoms with Gasteiger partial charge in [0, 0.05) is 47.0 Å². The molecule has 0 saturated carbocycles. The van der Waals surface area contributed by atoms with Gasteiger partial charge in [-0.1, -0.05) is 6.07 Å². The number of likely N-dealkylation sites (tertiary alicyclic amines) is 1. The first-order valence-corrected chi connectivity index (χ1v) is 9.75. The zero-order valence-corrected chi connectivity index (χ0v) is 19.1. The van der Waals surface area contributed by atoms with Crippen LogP contribution in [0.2, 0.25) is 0 Å². The lowest BCUT2D eigenvalue weighted by Gasteiger charge is -2.34. The molecule has 0 atom stereocenters. The standard InChI is InChI=1S/C20H31N3O4.HI/c1-21-20(23-10-7-17(8-11-23)25-13-3-12-24-2)22-9-6-16-4-5-18-19(14-16)27-15-26-18;/h4-5,14,17H,3,6-13,15H2,1-2H3,(H,21,22);1H. The topological polar surface area (TPSA) is 64.6 Å². The van der Waals surface area contributed by atoms with Crippen molar-refractivity contribution in [2.75, 3.05) is 53.8 Å². The van der Waals surface area contributed by atoms with E-state index in [1.165, 1.54) is 5.56 Å². The molecule has 1 aromatic rings. The predicted molar refractivity (Wildman–Crippen MR) is 120 cm³/mol. The quantitative estimate of drug-likeness (QED) is 0.254. The molecule has 158 valence electrons. The van der Waals surface area contributed by atoms with E-state index in [9.17, 15) is 0 Å². The number of nitrogens with one attached hydrogen (secondary N) is 1. The Bertz CT molecular complexity index is 621. The van der Waals surface area contributed by atoms with Crippen molar-refractivity contribution in [3.63, 3.8) is 0 Å². The summed E-state index contributed by atoms with van der Waals surface area (Å²) in [5, 5.41) is 3.48. The Balaban J connectivity index is 0.00000280. The zero-order valence-electron chi connectivity index (χ0n) is 16.8. The molecule has 0 amide bonds. The molecule has 0 spiro atoms. The zero-order chi connectivity index (χ0) is 18.9. The van der Waals surface area contributed by atoms with Crippen molar-refractivity contribution in [3.05, 3.63) is 23.8 Å². The van der Waals surface area contributed by atoms with Gasteiger partial charge in [0.05, 0.1) is 6.10 Å². The molecule has 0 aliphatic carbocycles. The summed E-state index contributed by atoms with van der Waals surface area (Å²) in [6.07, 6.45) is 4.30. The number of fused-ring (bicyclic) bond motifs is 1. The van der Waals surface area contributed by atoms with E-state index >= 15 is 0 Å². The molecule has 3 rings (SSSR count). The Morgan fingerprint density at radius 2 is 2.00 bits per heavy atom. The van der Waals surface area contributed by atoms with E-state index in [4.69, 9.17) is 18.9 Å². The second-order valence-electron chi connectivity index (χ2n) is 6.82. The van der Waals surface area contributed by atoms with Crippen molar-refractivity contribution >= 4 is 29.9 Å². The average Bonchev–Trinajstić information content (AvgIpc) is 3.17. The van der Waals surface area contributed by atoms with Crippen LogP contribution in [0.3, 0.4) is 0 Å². The highest BCUT2D eigenvalue weighted by Crippen LogP contribution is 2.32. The summed E-state index contributed by atoms with van der Waals surface area (Å²) < 4.78 is 21.8. The minimum atomic E-state index is 0. The van der Waals surface area contributed by atoms with Gasteiger partial charge in [0.1, 0.15) is 0 Å². The Morgan fingerprint density at radius 1 is 1.21 bits per heavy atom. The predicted octanol–water partition coefficient (Wildman–Crippen LogP) is 2.67. The molecule has 1 aromatic carbocycles. The van der Waals surface area contributed by atoms with E-state index < -0.39 is 0 Å². The minimum Gasteiger partial charge on any atom is -0.454 e. The Labute approximate surface area is 184 Å². The second kappa shape index (κ2) is 12.3. The molecular weight excluding hydrogens is 473 g/mol. The molecule has 0 unspecified atom stereocenters. The van der Waals surface area contributed by atoms with Crippen LogP contribution >= 0.6 is 24.0 Å². The number of ether oxygens (including phenoxy) is 4. The number of guanidine groups is 1. The summed E-state index contributed by atoms with van der Waals surface area (Å²) >= 11 is 0. The number of methoxy groups -OCH3 is 1. The van der Waals surface area contributed by atoms with E-state index in [0.29, 0.717) is 12.9 Å². The van der Waals surface area contributed by atoms with Gasteiger partial charge in [0.15, 0.2) is 17.5 Å². The fourth-order valence-electron chi connectivity index (χ4n) is 3.43. The molecule has 1 fully saturated rings. The summed E-state index contributed by atoms with van der Waals surface area (Å²) in [6, 6.07) is 6.12. The van der Waals surface area contributed by atoms with Crippen LogP contribution in [0.25, 0.3) is 0 Å². The van der Waals surface area contributed by atoms with Gasteiger partial charge in [-0.05, 0) is 43.4 Å². The molecule has 2 aliphatic heterocycles. The Morgan fingerprint density at radius 3 is 2.75 bits per heavy atom. The summed E-state index contributed by atoms with van der Waals surface area (Å²) in [4.78, 5) is 6.76. The number of hydrogen-bond donors (Lipinski definition) is 1. The van der Waals surface area contributed by atoms with Crippen molar-refractivity contribution in [2.45, 2.75) is 31.8 Å². The third-order valence-electron chi connectivity index (χ3n) is 4.93. The maximum Gasteiger partial charge on any atom is 0.231 e. The summed E-state index contributed by atoms with van der Waals surface area (Å²) in [6.45, 7) is 4.63. The van der Waals surface area contributed by atoms with Crippen LogP contribution in [-0.4, -0.2) is 70.8 Å². The Hall–Kier alpha value is -1.26. The largest absolute Gasteiger partial charge is 0.454 e. The molecule has 2 aliphatic rings. The molecule has 2 heterocycles. The first-order chi connectivity index (χ1) is 13.3. The molecule has 7 nitrogen and oxygen atoms in total. The minimum absolute atomic E-state index is 0. The maximum atomic E-state index is 5.93. The van der Waals surface area contributed by atoms with E-state index in [1.807, 2.05) is 13.1 Å². The lowest BCUT2D eigenvalue weighted by Crippen LogP contribution is -2.47. The highest BCUT2D eigenvalue weighted by Gasteiger charge is 2.21. The number of benzene rings is 1. The normalized spacial score (nSPS) is 16.8. The Kier molecular flexibility index (Phi) is 10.1. The molecule has 0 bridgehead atoms. The smallest absolute Gasteiger partial charge is 0.231 e.